The summed E-state index contributed by atoms with van der Waals surface area (Å²) in [4.78, 5) is 19.6. The number of para-hydroxylation sites is 1. The quantitative estimate of drug-likeness (QED) is 0.745. The first-order chi connectivity index (χ1) is 13.8. The highest BCUT2D eigenvalue weighted by molar-refractivity contribution is 5.91. The average molecular weight is 375 g/mol. The van der Waals surface area contributed by atoms with Gasteiger partial charge in [-0.3, -0.25) is 4.79 Å². The second-order valence-electron chi connectivity index (χ2n) is 7.17. The highest BCUT2D eigenvalue weighted by atomic mass is 16.2. The molecule has 1 aromatic heterocycles. The van der Waals surface area contributed by atoms with E-state index in [1.807, 2.05) is 72.6 Å². The molecule has 28 heavy (non-hydrogen) atoms. The van der Waals surface area contributed by atoms with Gasteiger partial charge in [-0.2, -0.15) is 0 Å². The lowest BCUT2D eigenvalue weighted by atomic mass is 9.97. The first-order valence-electron chi connectivity index (χ1n) is 9.78. The molecule has 0 saturated carbocycles. The highest BCUT2D eigenvalue weighted by Gasteiger charge is 2.27. The van der Waals surface area contributed by atoms with E-state index in [-0.39, 0.29) is 11.7 Å². The Morgan fingerprint density at radius 3 is 2.32 bits per heavy atom. The summed E-state index contributed by atoms with van der Waals surface area (Å²) in [6.07, 6.45) is 2.02. The Morgan fingerprint density at radius 2 is 1.68 bits per heavy atom. The van der Waals surface area contributed by atoms with Gasteiger partial charge >= 0.3 is 0 Å². The summed E-state index contributed by atoms with van der Waals surface area (Å²) in [7, 11) is 1.97. The van der Waals surface area contributed by atoms with Gasteiger partial charge in [0.25, 0.3) is 5.91 Å². The maximum Gasteiger partial charge on any atom is 0.293 e. The molecule has 2 heterocycles. The van der Waals surface area contributed by atoms with Gasteiger partial charge in [0, 0.05) is 18.7 Å². The van der Waals surface area contributed by atoms with Crippen molar-refractivity contribution in [1.82, 2.24) is 25.0 Å². The van der Waals surface area contributed by atoms with Crippen LogP contribution in [0.5, 0.6) is 0 Å². The van der Waals surface area contributed by atoms with Crippen LogP contribution in [0, 0.1) is 5.92 Å². The summed E-state index contributed by atoms with van der Waals surface area (Å²) in [5.41, 5.74) is 1.83. The second-order valence-corrected chi connectivity index (χ2v) is 7.17. The molecule has 0 bridgehead atoms. The van der Waals surface area contributed by atoms with Crippen molar-refractivity contribution < 1.29 is 4.79 Å². The second kappa shape index (κ2) is 8.35. The molecule has 1 saturated heterocycles. The van der Waals surface area contributed by atoms with Crippen LogP contribution in [0.25, 0.3) is 17.1 Å². The molecular weight excluding hydrogens is 350 g/mol. The molecule has 1 aliphatic rings. The normalized spacial score (nSPS) is 15.0. The Balaban J connectivity index is 1.63. The molecule has 4 rings (SSSR count). The van der Waals surface area contributed by atoms with Gasteiger partial charge in [-0.15, -0.1) is 5.10 Å². The average Bonchev–Trinajstić information content (AvgIpc) is 3.21. The van der Waals surface area contributed by atoms with E-state index in [2.05, 4.69) is 15.4 Å². The minimum absolute atomic E-state index is 0.0882. The monoisotopic (exact) mass is 375 g/mol. The lowest BCUT2D eigenvalue weighted by Crippen LogP contribution is -2.40. The van der Waals surface area contributed by atoms with Gasteiger partial charge < -0.3 is 10.2 Å². The molecule has 1 amide bonds. The fourth-order valence-corrected chi connectivity index (χ4v) is 3.70. The number of nitrogens with zero attached hydrogens (tertiary/aromatic N) is 4. The Morgan fingerprint density at radius 1 is 1.04 bits per heavy atom. The summed E-state index contributed by atoms with van der Waals surface area (Å²) in [6, 6.07) is 19.7. The summed E-state index contributed by atoms with van der Waals surface area (Å²) in [5.74, 6) is 1.48. The van der Waals surface area contributed by atoms with E-state index in [9.17, 15) is 4.79 Å². The molecule has 1 fully saturated rings. The van der Waals surface area contributed by atoms with E-state index in [1.165, 1.54) is 0 Å². The fourth-order valence-electron chi connectivity index (χ4n) is 3.70. The van der Waals surface area contributed by atoms with Crippen molar-refractivity contribution in [2.45, 2.75) is 12.8 Å². The van der Waals surface area contributed by atoms with Gasteiger partial charge in [-0.05, 0) is 44.5 Å². The first kappa shape index (κ1) is 18.4. The van der Waals surface area contributed by atoms with Crippen LogP contribution in [0.2, 0.25) is 0 Å². The molecular formula is C22H25N5O. The number of likely N-dealkylation sites (tertiary alicyclic amines) is 1. The SMILES string of the molecule is CNCC1CCN(C(=O)c2nc(-c3ccccc3)n(-c3ccccc3)n2)CC1. The zero-order valence-corrected chi connectivity index (χ0v) is 16.1. The number of nitrogens with one attached hydrogen (secondary N) is 1. The third kappa shape index (κ3) is 3.82. The van der Waals surface area contributed by atoms with Crippen LogP contribution in [0.4, 0.5) is 0 Å². The Kier molecular flexibility index (Phi) is 5.48. The predicted octanol–water partition coefficient (Wildman–Crippen LogP) is 3.01. The van der Waals surface area contributed by atoms with Gasteiger partial charge in [0.2, 0.25) is 5.82 Å². The molecule has 0 spiro atoms. The van der Waals surface area contributed by atoms with Crippen molar-refractivity contribution in [2.75, 3.05) is 26.7 Å². The third-order valence-electron chi connectivity index (χ3n) is 5.23. The zero-order chi connectivity index (χ0) is 19.3. The number of rotatable bonds is 5. The van der Waals surface area contributed by atoms with Crippen LogP contribution in [0.3, 0.4) is 0 Å². The van der Waals surface area contributed by atoms with Crippen LogP contribution < -0.4 is 5.32 Å². The van der Waals surface area contributed by atoms with Crippen LogP contribution in [0.15, 0.2) is 60.7 Å². The number of hydrogen-bond acceptors (Lipinski definition) is 4. The van der Waals surface area contributed by atoms with E-state index < -0.39 is 0 Å². The molecule has 0 atom stereocenters. The molecule has 6 heteroatoms. The largest absolute Gasteiger partial charge is 0.336 e. The Hall–Kier alpha value is -2.99. The predicted molar refractivity (Wildman–Crippen MR) is 109 cm³/mol. The minimum atomic E-state index is -0.0882. The Bertz CT molecular complexity index is 858. The maximum absolute atomic E-state index is 13.1. The molecule has 3 aromatic rings. The molecule has 6 nitrogen and oxygen atoms in total. The van der Waals surface area contributed by atoms with Crippen molar-refractivity contribution >= 4 is 5.91 Å². The fraction of sp³-hybridized carbons (Fsp3) is 0.318. The van der Waals surface area contributed by atoms with Gasteiger partial charge in [-0.25, -0.2) is 9.67 Å². The number of piperidine rings is 1. The molecule has 1 aliphatic heterocycles. The molecule has 144 valence electrons. The van der Waals surface area contributed by atoms with Gasteiger partial charge in [0.05, 0.1) is 5.69 Å². The van der Waals surface area contributed by atoms with E-state index >= 15 is 0 Å². The van der Waals surface area contributed by atoms with Crippen molar-refractivity contribution in [3.63, 3.8) is 0 Å². The van der Waals surface area contributed by atoms with Crippen molar-refractivity contribution in [3.8, 4) is 17.1 Å². The van der Waals surface area contributed by atoms with Crippen molar-refractivity contribution in [2.24, 2.45) is 5.92 Å². The first-order valence-corrected chi connectivity index (χ1v) is 9.78. The maximum atomic E-state index is 13.1. The molecule has 1 N–H and O–H groups in total. The van der Waals surface area contributed by atoms with Crippen LogP contribution in [-0.2, 0) is 0 Å². The van der Waals surface area contributed by atoms with E-state index in [0.717, 1.165) is 43.7 Å². The van der Waals surface area contributed by atoms with Crippen molar-refractivity contribution in [1.29, 1.82) is 0 Å². The summed E-state index contributed by atoms with van der Waals surface area (Å²) in [5, 5.41) is 7.82. The van der Waals surface area contributed by atoms with Gasteiger partial charge in [0.1, 0.15) is 0 Å². The molecule has 0 aliphatic carbocycles. The number of carbonyl (C=O) groups excluding carboxylic acids is 1. The van der Waals surface area contributed by atoms with Gasteiger partial charge in [0.15, 0.2) is 5.82 Å². The molecule has 0 unspecified atom stereocenters. The number of amides is 1. The lowest BCUT2D eigenvalue weighted by molar-refractivity contribution is 0.0678. The van der Waals surface area contributed by atoms with Crippen molar-refractivity contribution in [3.05, 3.63) is 66.5 Å². The standard InChI is InChI=1S/C22H25N5O/c1-23-16-17-12-14-26(15-13-17)22(28)20-24-21(18-8-4-2-5-9-18)27(25-20)19-10-6-3-7-11-19/h2-11,17,23H,12-16H2,1H3. The van der Waals surface area contributed by atoms with E-state index in [0.29, 0.717) is 11.7 Å². The zero-order valence-electron chi connectivity index (χ0n) is 16.1. The van der Waals surface area contributed by atoms with Crippen LogP contribution in [-0.4, -0.2) is 52.3 Å². The van der Waals surface area contributed by atoms with Crippen LogP contribution >= 0.6 is 0 Å². The summed E-state index contributed by atoms with van der Waals surface area (Å²) >= 11 is 0. The minimum Gasteiger partial charge on any atom is -0.336 e. The van der Waals surface area contributed by atoms with E-state index in [1.54, 1.807) is 4.68 Å². The Labute approximate surface area is 165 Å². The highest BCUT2D eigenvalue weighted by Crippen LogP contribution is 2.23. The number of hydrogen-bond donors (Lipinski definition) is 1. The summed E-state index contributed by atoms with van der Waals surface area (Å²) < 4.78 is 1.76. The number of aromatic nitrogens is 3. The summed E-state index contributed by atoms with van der Waals surface area (Å²) in [6.45, 7) is 2.51. The number of carbonyl (C=O) groups is 1. The third-order valence-corrected chi connectivity index (χ3v) is 5.23. The molecule has 2 aromatic carbocycles. The topological polar surface area (TPSA) is 63.1 Å². The lowest BCUT2D eigenvalue weighted by Gasteiger charge is -2.31. The smallest absolute Gasteiger partial charge is 0.293 e. The number of benzene rings is 2. The van der Waals surface area contributed by atoms with E-state index in [4.69, 9.17) is 0 Å². The van der Waals surface area contributed by atoms with Gasteiger partial charge in [-0.1, -0.05) is 48.5 Å². The van der Waals surface area contributed by atoms with Crippen LogP contribution in [0.1, 0.15) is 23.5 Å². The molecule has 0 radical (unpaired) electrons.